The van der Waals surface area contributed by atoms with Gasteiger partial charge in [-0.05, 0) is 43.3 Å². The summed E-state index contributed by atoms with van der Waals surface area (Å²) in [6.07, 6.45) is 6.38. The number of hydrogen-bond donors (Lipinski definition) is 0. The average Bonchev–Trinajstić information content (AvgIpc) is 3.25. The van der Waals surface area contributed by atoms with Crippen molar-refractivity contribution in [3.63, 3.8) is 0 Å². The second kappa shape index (κ2) is 9.62. The van der Waals surface area contributed by atoms with Gasteiger partial charge in [-0.2, -0.15) is 0 Å². The molecule has 5 heteroatoms. The molecule has 2 rings (SSSR count). The number of rotatable bonds is 6. The molecule has 2 saturated carbocycles. The minimum Gasteiger partial charge on any atom is -0.0693 e. The highest BCUT2D eigenvalue weighted by Gasteiger charge is 2.60. The van der Waals surface area contributed by atoms with Crippen molar-refractivity contribution in [2.24, 2.45) is 0 Å². The van der Waals surface area contributed by atoms with Gasteiger partial charge < -0.3 is 0 Å². The fourth-order valence-corrected chi connectivity index (χ4v) is 30.0. The van der Waals surface area contributed by atoms with E-state index < -0.39 is 40.4 Å². The van der Waals surface area contributed by atoms with Crippen LogP contribution in [0.5, 0.6) is 0 Å². The summed E-state index contributed by atoms with van der Waals surface area (Å²) in [5.41, 5.74) is 6.37. The Balaban J connectivity index is 2.53. The molecule has 0 aliphatic heterocycles. The van der Waals surface area contributed by atoms with E-state index in [0.29, 0.717) is 10.1 Å². The third-order valence-electron chi connectivity index (χ3n) is 13.2. The molecule has 6 unspecified atom stereocenters. The van der Waals surface area contributed by atoms with Crippen molar-refractivity contribution in [2.75, 3.05) is 0 Å². The Morgan fingerprint density at radius 2 is 0.629 bits per heavy atom. The van der Waals surface area contributed by atoms with Crippen LogP contribution < -0.4 is 0 Å². The van der Waals surface area contributed by atoms with Gasteiger partial charge in [0.25, 0.3) is 0 Å². The zero-order chi connectivity index (χ0) is 27.8. The van der Waals surface area contributed by atoms with Crippen molar-refractivity contribution in [3.05, 3.63) is 0 Å². The zero-order valence-electron chi connectivity index (χ0n) is 27.8. The van der Waals surface area contributed by atoms with E-state index in [-0.39, 0.29) is 0 Å². The predicted molar refractivity (Wildman–Crippen MR) is 180 cm³/mol. The maximum atomic E-state index is 2.92. The molecule has 0 heterocycles. The summed E-state index contributed by atoms with van der Waals surface area (Å²) < 4.78 is 0. The van der Waals surface area contributed by atoms with Gasteiger partial charge in [-0.25, -0.2) is 0 Å². The molecule has 0 aromatic rings. The van der Waals surface area contributed by atoms with Gasteiger partial charge in [0, 0.05) is 16.1 Å². The molecule has 0 nitrogen and oxygen atoms in total. The quantitative estimate of drug-likeness (QED) is 0.279. The molecule has 208 valence electrons. The molecule has 2 aliphatic rings. The van der Waals surface area contributed by atoms with Crippen molar-refractivity contribution in [2.45, 2.75) is 189 Å². The Hall–Kier alpha value is 1.08. The topological polar surface area (TPSA) is 0 Å². The SMILES string of the molecule is CC(C)(C)[Si](C)(C)C1CC([Si](C)(C)C)C([Si](C)(C)C2CC([Si](C)(C)C(C)(C)C)CC2[Si](C)(C)C)C1. The van der Waals surface area contributed by atoms with E-state index in [0.717, 1.165) is 33.2 Å². The first-order chi connectivity index (χ1) is 15.2. The van der Waals surface area contributed by atoms with E-state index in [2.05, 4.69) is 120 Å². The summed E-state index contributed by atoms with van der Waals surface area (Å²) >= 11 is 0. The summed E-state index contributed by atoms with van der Waals surface area (Å²) in [6.45, 7) is 48.6. The first-order valence-electron chi connectivity index (χ1n) is 15.2. The van der Waals surface area contributed by atoms with Crippen molar-refractivity contribution in [1.82, 2.24) is 0 Å². The fourth-order valence-electron chi connectivity index (χ4n) is 8.31. The minimum absolute atomic E-state index is 0.518. The minimum atomic E-state index is -1.43. The monoisotopic (exact) mass is 568 g/mol. The first-order valence-corrected chi connectivity index (χ1v) is 31.6. The van der Waals surface area contributed by atoms with E-state index in [4.69, 9.17) is 0 Å². The maximum absolute atomic E-state index is 2.92. The summed E-state index contributed by atoms with van der Waals surface area (Å²) in [5.74, 6) is 0. The third-order valence-corrected chi connectivity index (χ3v) is 37.4. The van der Waals surface area contributed by atoms with Crippen LogP contribution in [0.15, 0.2) is 0 Å². The Bertz CT molecular complexity index is 677. The molecular formula is C30H68Si5. The lowest BCUT2D eigenvalue weighted by atomic mass is 10.2. The van der Waals surface area contributed by atoms with Gasteiger partial charge in [0.2, 0.25) is 0 Å². The standard InChI is InChI=1S/C30H68Si5/c1-29(2,3)34(15,16)23-19-25(31(7,8)9)27(21-23)33(13,14)28-22-24(20-26(28)32(10,11)12)35(17,18)30(4,5)6/h23-28H,19-22H2,1-18H3. The molecule has 35 heavy (non-hydrogen) atoms. The number of hydrogen-bond acceptors (Lipinski definition) is 0. The molecule has 0 aromatic carbocycles. The largest absolute Gasteiger partial charge is 0.0693 e. The predicted octanol–water partition coefficient (Wildman–Crippen LogP) is 12.2. The van der Waals surface area contributed by atoms with Gasteiger partial charge in [0.1, 0.15) is 0 Å². The van der Waals surface area contributed by atoms with Crippen LogP contribution in [0.1, 0.15) is 67.2 Å². The zero-order valence-corrected chi connectivity index (χ0v) is 32.8. The smallest absolute Gasteiger partial charge is 0.0558 e. The van der Waals surface area contributed by atoms with Gasteiger partial charge >= 0.3 is 0 Å². The van der Waals surface area contributed by atoms with E-state index in [1.807, 2.05) is 0 Å². The van der Waals surface area contributed by atoms with Gasteiger partial charge in [0.05, 0.1) is 24.2 Å². The van der Waals surface area contributed by atoms with Crippen molar-refractivity contribution >= 4 is 40.4 Å². The normalized spacial score (nSPS) is 32.4. The molecule has 2 fully saturated rings. The Kier molecular flexibility index (Phi) is 8.88. The van der Waals surface area contributed by atoms with Crippen molar-refractivity contribution in [1.29, 1.82) is 0 Å². The van der Waals surface area contributed by atoms with Crippen LogP contribution in [0.25, 0.3) is 0 Å². The highest BCUT2D eigenvalue weighted by atomic mass is 28.3. The molecule has 6 atom stereocenters. The molecule has 0 aromatic heterocycles. The fraction of sp³-hybridized carbons (Fsp3) is 1.00. The van der Waals surface area contributed by atoms with Gasteiger partial charge in [0.15, 0.2) is 0 Å². The van der Waals surface area contributed by atoms with E-state index >= 15 is 0 Å². The third kappa shape index (κ3) is 6.14. The van der Waals surface area contributed by atoms with Crippen molar-refractivity contribution < 1.29 is 0 Å². The van der Waals surface area contributed by atoms with Gasteiger partial charge in [-0.15, -0.1) is 0 Å². The molecule has 2 aliphatic carbocycles. The van der Waals surface area contributed by atoms with Crippen LogP contribution >= 0.6 is 0 Å². The van der Waals surface area contributed by atoms with Crippen LogP contribution in [-0.2, 0) is 0 Å². The summed E-state index contributed by atoms with van der Waals surface area (Å²) in [7, 11) is -6.46. The second-order valence-corrected chi connectivity index (χ2v) is 46.9. The lowest BCUT2D eigenvalue weighted by molar-refractivity contribution is 0.667. The highest BCUT2D eigenvalue weighted by molar-refractivity contribution is 6.89. The lowest BCUT2D eigenvalue weighted by Gasteiger charge is -2.47. The summed E-state index contributed by atoms with van der Waals surface area (Å²) in [4.78, 5) is 0. The van der Waals surface area contributed by atoms with Crippen LogP contribution in [0.3, 0.4) is 0 Å². The average molecular weight is 569 g/mol. The Morgan fingerprint density at radius 1 is 0.400 bits per heavy atom. The molecule has 0 radical (unpaired) electrons. The second-order valence-electron chi connectivity index (χ2n) is 19.3. The molecule has 0 bridgehead atoms. The van der Waals surface area contributed by atoms with Crippen molar-refractivity contribution in [3.8, 4) is 0 Å². The van der Waals surface area contributed by atoms with E-state index in [1.54, 1.807) is 25.7 Å². The molecule has 0 N–H and O–H groups in total. The van der Waals surface area contributed by atoms with Gasteiger partial charge in [-0.1, -0.05) is 146 Å². The first kappa shape index (κ1) is 32.3. The summed E-state index contributed by atoms with van der Waals surface area (Å²) in [5, 5.41) is 1.04. The van der Waals surface area contributed by atoms with Crippen LogP contribution in [0.2, 0.25) is 122 Å². The van der Waals surface area contributed by atoms with Crippen LogP contribution in [0.4, 0.5) is 0 Å². The van der Waals surface area contributed by atoms with E-state index in [9.17, 15) is 0 Å². The Morgan fingerprint density at radius 3 is 0.829 bits per heavy atom. The van der Waals surface area contributed by atoms with Crippen LogP contribution in [-0.4, -0.2) is 40.4 Å². The highest BCUT2D eigenvalue weighted by Crippen LogP contribution is 2.69. The molecule has 0 amide bonds. The lowest BCUT2D eigenvalue weighted by Crippen LogP contribution is -2.47. The van der Waals surface area contributed by atoms with E-state index in [1.165, 1.54) is 0 Å². The molecular weight excluding hydrogens is 501 g/mol. The molecule has 0 saturated heterocycles. The van der Waals surface area contributed by atoms with Crippen LogP contribution in [0, 0.1) is 0 Å². The van der Waals surface area contributed by atoms with Gasteiger partial charge in [-0.3, -0.25) is 0 Å². The summed E-state index contributed by atoms with van der Waals surface area (Å²) in [6, 6.07) is 0. The molecule has 0 spiro atoms. The maximum Gasteiger partial charge on any atom is 0.0558 e. The Labute approximate surface area is 228 Å².